The Labute approximate surface area is 149 Å². The van der Waals surface area contributed by atoms with E-state index in [1.807, 2.05) is 0 Å². The highest BCUT2D eigenvalue weighted by molar-refractivity contribution is 5.80. The van der Waals surface area contributed by atoms with Gasteiger partial charge < -0.3 is 10.0 Å². The van der Waals surface area contributed by atoms with E-state index in [1.165, 1.54) is 11.1 Å². The molecule has 0 aliphatic heterocycles. The highest BCUT2D eigenvalue weighted by atomic mass is 16.4. The Morgan fingerprint density at radius 3 is 2.28 bits per heavy atom. The van der Waals surface area contributed by atoms with Crippen LogP contribution in [0.5, 0.6) is 0 Å². The minimum atomic E-state index is -0.703. The first-order valence-electron chi connectivity index (χ1n) is 9.78. The van der Waals surface area contributed by atoms with E-state index in [0.29, 0.717) is 18.9 Å². The van der Waals surface area contributed by atoms with Gasteiger partial charge in [0.05, 0.1) is 12.0 Å². The Hall–Kier alpha value is -1.84. The number of aryl methyl sites for hydroxylation is 1. The molecule has 25 heavy (non-hydrogen) atoms. The predicted octanol–water partition coefficient (Wildman–Crippen LogP) is 3.95. The van der Waals surface area contributed by atoms with Crippen LogP contribution in [-0.2, 0) is 16.0 Å². The van der Waals surface area contributed by atoms with Crippen molar-refractivity contribution < 1.29 is 14.7 Å². The average molecular weight is 341 g/mol. The Balaban J connectivity index is 1.53. The van der Waals surface area contributed by atoms with Crippen molar-refractivity contribution in [3.63, 3.8) is 0 Å². The summed E-state index contributed by atoms with van der Waals surface area (Å²) >= 11 is 0. The molecule has 3 aliphatic rings. The van der Waals surface area contributed by atoms with Crippen LogP contribution in [0.2, 0.25) is 0 Å². The molecule has 4 rings (SSSR count). The van der Waals surface area contributed by atoms with Crippen molar-refractivity contribution >= 4 is 11.9 Å². The number of hydrogen-bond acceptors (Lipinski definition) is 2. The Kier molecular flexibility index (Phi) is 4.53. The second kappa shape index (κ2) is 6.81. The molecule has 4 nitrogen and oxygen atoms in total. The van der Waals surface area contributed by atoms with Crippen molar-refractivity contribution in [2.45, 2.75) is 69.9 Å². The van der Waals surface area contributed by atoms with Crippen LogP contribution in [0.25, 0.3) is 0 Å². The lowest BCUT2D eigenvalue weighted by Gasteiger charge is -2.39. The lowest BCUT2D eigenvalue weighted by Crippen LogP contribution is -2.43. The SMILES string of the molecule is O=C(O)C1CCC(C(=O)N(C2CC2)C2CCCc3ccccc32)CC1. The molecule has 2 fully saturated rings. The van der Waals surface area contributed by atoms with Crippen LogP contribution in [-0.4, -0.2) is 27.9 Å². The molecule has 1 aromatic rings. The highest BCUT2D eigenvalue weighted by Crippen LogP contribution is 2.43. The van der Waals surface area contributed by atoms with Gasteiger partial charge in [-0.05, 0) is 68.9 Å². The van der Waals surface area contributed by atoms with Gasteiger partial charge in [-0.15, -0.1) is 0 Å². The summed E-state index contributed by atoms with van der Waals surface area (Å²) in [5, 5.41) is 9.19. The maximum Gasteiger partial charge on any atom is 0.306 e. The van der Waals surface area contributed by atoms with Crippen molar-refractivity contribution in [3.8, 4) is 0 Å². The summed E-state index contributed by atoms with van der Waals surface area (Å²) in [4.78, 5) is 26.7. The molecule has 1 atom stereocenters. The molecule has 134 valence electrons. The fraction of sp³-hybridized carbons (Fsp3) is 0.619. The molecule has 3 aliphatic carbocycles. The van der Waals surface area contributed by atoms with Crippen LogP contribution < -0.4 is 0 Å². The molecule has 2 saturated carbocycles. The van der Waals surface area contributed by atoms with Crippen molar-refractivity contribution in [3.05, 3.63) is 35.4 Å². The second-order valence-corrected chi connectivity index (χ2v) is 7.97. The minimum absolute atomic E-state index is 0.0188. The van der Waals surface area contributed by atoms with Gasteiger partial charge in [0, 0.05) is 12.0 Å². The van der Waals surface area contributed by atoms with Crippen LogP contribution in [0.3, 0.4) is 0 Å². The summed E-state index contributed by atoms with van der Waals surface area (Å²) in [6.07, 6.45) is 8.30. The fourth-order valence-corrected chi connectivity index (χ4v) is 4.76. The van der Waals surface area contributed by atoms with E-state index in [9.17, 15) is 14.7 Å². The zero-order chi connectivity index (χ0) is 17.4. The van der Waals surface area contributed by atoms with Gasteiger partial charge in [-0.2, -0.15) is 0 Å². The van der Waals surface area contributed by atoms with E-state index < -0.39 is 5.97 Å². The topological polar surface area (TPSA) is 57.6 Å². The third-order valence-corrected chi connectivity index (χ3v) is 6.29. The van der Waals surface area contributed by atoms with Crippen molar-refractivity contribution in [1.82, 2.24) is 4.90 Å². The van der Waals surface area contributed by atoms with Gasteiger partial charge in [-0.1, -0.05) is 24.3 Å². The van der Waals surface area contributed by atoms with Crippen LogP contribution in [0.1, 0.15) is 68.5 Å². The number of rotatable bonds is 4. The fourth-order valence-electron chi connectivity index (χ4n) is 4.76. The van der Waals surface area contributed by atoms with Gasteiger partial charge in [-0.25, -0.2) is 0 Å². The summed E-state index contributed by atoms with van der Waals surface area (Å²) in [7, 11) is 0. The maximum absolute atomic E-state index is 13.3. The van der Waals surface area contributed by atoms with E-state index >= 15 is 0 Å². The van der Waals surface area contributed by atoms with Crippen LogP contribution in [0.4, 0.5) is 0 Å². The monoisotopic (exact) mass is 341 g/mol. The first-order valence-corrected chi connectivity index (χ1v) is 9.78. The number of amides is 1. The molecule has 1 unspecified atom stereocenters. The van der Waals surface area contributed by atoms with Crippen LogP contribution >= 0.6 is 0 Å². The Bertz CT molecular complexity index is 659. The molecular weight excluding hydrogens is 314 g/mol. The number of carboxylic acids is 1. The molecule has 0 bridgehead atoms. The predicted molar refractivity (Wildman–Crippen MR) is 95.1 cm³/mol. The first kappa shape index (κ1) is 16.6. The summed E-state index contributed by atoms with van der Waals surface area (Å²) in [6.45, 7) is 0. The maximum atomic E-state index is 13.3. The average Bonchev–Trinajstić information content (AvgIpc) is 3.47. The van der Waals surface area contributed by atoms with E-state index in [2.05, 4.69) is 29.2 Å². The molecule has 0 saturated heterocycles. The molecular formula is C21H27NO3. The summed E-state index contributed by atoms with van der Waals surface area (Å²) in [6, 6.07) is 9.21. The number of carbonyl (C=O) groups excluding carboxylic acids is 1. The number of nitrogens with zero attached hydrogens (tertiary/aromatic N) is 1. The number of aliphatic carboxylic acids is 1. The summed E-state index contributed by atoms with van der Waals surface area (Å²) in [5.41, 5.74) is 2.74. The molecule has 1 amide bonds. The zero-order valence-electron chi connectivity index (χ0n) is 14.7. The van der Waals surface area contributed by atoms with Gasteiger partial charge in [0.25, 0.3) is 0 Å². The zero-order valence-corrected chi connectivity index (χ0v) is 14.7. The Morgan fingerprint density at radius 2 is 1.60 bits per heavy atom. The molecule has 0 radical (unpaired) electrons. The van der Waals surface area contributed by atoms with Gasteiger partial charge >= 0.3 is 5.97 Å². The standard InChI is InChI=1S/C21H27NO3/c23-20(15-8-10-16(11-9-15)21(24)25)22(17-12-13-17)19-7-3-5-14-4-1-2-6-18(14)19/h1-2,4,6,15-17,19H,3,5,7-13H2,(H,24,25). The third-order valence-electron chi connectivity index (χ3n) is 6.29. The van der Waals surface area contributed by atoms with Gasteiger partial charge in [0.1, 0.15) is 0 Å². The lowest BCUT2D eigenvalue weighted by molar-refractivity contribution is -0.147. The van der Waals surface area contributed by atoms with Gasteiger partial charge in [0.2, 0.25) is 5.91 Å². The van der Waals surface area contributed by atoms with E-state index in [0.717, 1.165) is 44.9 Å². The normalized spacial score (nSPS) is 28.9. The summed E-state index contributed by atoms with van der Waals surface area (Å²) in [5.74, 6) is -0.654. The van der Waals surface area contributed by atoms with Crippen molar-refractivity contribution in [2.75, 3.05) is 0 Å². The quantitative estimate of drug-likeness (QED) is 0.902. The number of benzene rings is 1. The molecule has 1 aromatic carbocycles. The Morgan fingerprint density at radius 1 is 0.920 bits per heavy atom. The van der Waals surface area contributed by atoms with Crippen molar-refractivity contribution in [2.24, 2.45) is 11.8 Å². The highest BCUT2D eigenvalue weighted by Gasteiger charge is 2.42. The van der Waals surface area contributed by atoms with E-state index in [4.69, 9.17) is 0 Å². The third kappa shape index (κ3) is 3.31. The van der Waals surface area contributed by atoms with E-state index in [1.54, 1.807) is 0 Å². The number of hydrogen-bond donors (Lipinski definition) is 1. The number of carbonyl (C=O) groups is 2. The van der Waals surface area contributed by atoms with Crippen LogP contribution in [0, 0.1) is 11.8 Å². The van der Waals surface area contributed by atoms with Crippen LogP contribution in [0.15, 0.2) is 24.3 Å². The van der Waals surface area contributed by atoms with Gasteiger partial charge in [0.15, 0.2) is 0 Å². The number of carboxylic acid groups (broad SMARTS) is 1. The number of fused-ring (bicyclic) bond motifs is 1. The molecule has 0 spiro atoms. The largest absolute Gasteiger partial charge is 0.481 e. The molecule has 1 N–H and O–H groups in total. The van der Waals surface area contributed by atoms with Gasteiger partial charge in [-0.3, -0.25) is 9.59 Å². The summed E-state index contributed by atoms with van der Waals surface area (Å²) < 4.78 is 0. The molecule has 4 heteroatoms. The molecule has 0 heterocycles. The van der Waals surface area contributed by atoms with Crippen molar-refractivity contribution in [1.29, 1.82) is 0 Å². The second-order valence-electron chi connectivity index (χ2n) is 7.97. The van der Waals surface area contributed by atoms with E-state index in [-0.39, 0.29) is 23.8 Å². The first-order chi connectivity index (χ1) is 12.1. The smallest absolute Gasteiger partial charge is 0.306 e. The minimum Gasteiger partial charge on any atom is -0.481 e. The molecule has 0 aromatic heterocycles. The lowest BCUT2D eigenvalue weighted by atomic mass is 9.80.